The lowest BCUT2D eigenvalue weighted by molar-refractivity contribution is -0.141. The molecular formula is C41H43N3O6S. The Hall–Kier alpha value is -4.93. The minimum absolute atomic E-state index is 0.0415. The predicted molar refractivity (Wildman–Crippen MR) is 199 cm³/mol. The van der Waals surface area contributed by atoms with Gasteiger partial charge in [0.15, 0.2) is 11.6 Å². The first kappa shape index (κ1) is 35.9. The van der Waals surface area contributed by atoms with Gasteiger partial charge in [0, 0.05) is 52.9 Å². The molecule has 0 spiro atoms. The maximum absolute atomic E-state index is 13.3. The molecule has 3 aromatic carbocycles. The lowest BCUT2D eigenvalue weighted by Gasteiger charge is -2.25. The van der Waals surface area contributed by atoms with Crippen molar-refractivity contribution in [3.8, 4) is 28.3 Å². The number of Topliss-reactive ketones (excluding diaryl/α,β-unsaturated/α-hetero) is 1. The third kappa shape index (κ3) is 8.35. The number of carbonyl (C=O) groups is 3. The first-order valence-corrected chi connectivity index (χ1v) is 18.1. The number of aliphatic carboxylic acids is 1. The summed E-state index contributed by atoms with van der Waals surface area (Å²) in [5, 5.41) is 24.6. The zero-order valence-electron chi connectivity index (χ0n) is 29.3. The summed E-state index contributed by atoms with van der Waals surface area (Å²) in [6.07, 6.45) is 6.69. The Balaban J connectivity index is 1.17. The Labute approximate surface area is 301 Å². The molecule has 1 aliphatic heterocycles. The topological polar surface area (TPSA) is 139 Å². The second kappa shape index (κ2) is 15.1. The molecule has 1 unspecified atom stereocenters. The van der Waals surface area contributed by atoms with Crippen molar-refractivity contribution in [2.75, 3.05) is 6.61 Å². The van der Waals surface area contributed by atoms with Crippen molar-refractivity contribution in [2.45, 2.75) is 77.4 Å². The summed E-state index contributed by atoms with van der Waals surface area (Å²) < 4.78 is 5.99. The molecule has 3 atom stereocenters. The summed E-state index contributed by atoms with van der Waals surface area (Å²) >= 11 is 1.43. The highest BCUT2D eigenvalue weighted by molar-refractivity contribution is 7.14. The summed E-state index contributed by atoms with van der Waals surface area (Å²) in [5.41, 5.74) is 4.18. The monoisotopic (exact) mass is 705 g/mol. The summed E-state index contributed by atoms with van der Waals surface area (Å²) in [7, 11) is 0. The number of hydrogen-bond donors (Lipinski definition) is 3. The number of carboxylic acid groups (broad SMARTS) is 1. The quantitative estimate of drug-likeness (QED) is 0.117. The van der Waals surface area contributed by atoms with Gasteiger partial charge in [-0.25, -0.2) is 9.97 Å². The second-order valence-electron chi connectivity index (χ2n) is 14.3. The highest BCUT2D eigenvalue weighted by Crippen LogP contribution is 2.40. The molecule has 0 radical (unpaired) electrons. The van der Waals surface area contributed by atoms with Gasteiger partial charge in [0.1, 0.15) is 11.8 Å². The van der Waals surface area contributed by atoms with E-state index in [1.54, 1.807) is 24.5 Å². The molecule has 264 valence electrons. The van der Waals surface area contributed by atoms with Crippen molar-refractivity contribution in [1.82, 2.24) is 15.3 Å². The molecule has 0 bridgehead atoms. The molecule has 2 aromatic heterocycles. The van der Waals surface area contributed by atoms with Crippen LogP contribution in [0.5, 0.6) is 5.75 Å². The van der Waals surface area contributed by atoms with Crippen LogP contribution in [0.2, 0.25) is 0 Å². The lowest BCUT2D eigenvalue weighted by atomic mass is 9.92. The molecular weight excluding hydrogens is 663 g/mol. The number of carboxylic acids is 1. The number of carbonyl (C=O) groups excluding carboxylic acids is 2. The number of fused-ring (bicyclic) bond motifs is 1. The van der Waals surface area contributed by atoms with Gasteiger partial charge < -0.3 is 20.3 Å². The summed E-state index contributed by atoms with van der Waals surface area (Å²) in [6, 6.07) is 20.0. The van der Waals surface area contributed by atoms with Crippen LogP contribution in [0.1, 0.15) is 85.2 Å². The molecule has 0 aliphatic carbocycles. The number of amides is 1. The van der Waals surface area contributed by atoms with E-state index in [1.165, 1.54) is 18.3 Å². The number of phenols is 1. The maximum Gasteiger partial charge on any atom is 0.325 e. The van der Waals surface area contributed by atoms with Crippen LogP contribution < -0.4 is 5.32 Å². The second-order valence-corrected chi connectivity index (χ2v) is 15.4. The number of benzene rings is 3. The maximum atomic E-state index is 13.3. The Morgan fingerprint density at radius 3 is 2.31 bits per heavy atom. The van der Waals surface area contributed by atoms with Gasteiger partial charge in [-0.2, -0.15) is 0 Å². The molecule has 1 aliphatic rings. The van der Waals surface area contributed by atoms with E-state index in [0.29, 0.717) is 17.3 Å². The Bertz CT molecular complexity index is 2040. The number of thiophene rings is 1. The number of phenolic OH excluding ortho intramolecular Hbond substituents is 1. The zero-order valence-corrected chi connectivity index (χ0v) is 30.1. The molecule has 10 heteroatoms. The summed E-state index contributed by atoms with van der Waals surface area (Å²) in [5.74, 6) is -1.71. The number of hydrogen-bond acceptors (Lipinski definition) is 8. The Morgan fingerprint density at radius 2 is 1.67 bits per heavy atom. The van der Waals surface area contributed by atoms with E-state index in [2.05, 4.69) is 42.1 Å². The molecule has 5 aromatic rings. The Morgan fingerprint density at radius 1 is 0.941 bits per heavy atom. The smallest absolute Gasteiger partial charge is 0.325 e. The van der Waals surface area contributed by atoms with Crippen molar-refractivity contribution in [3.63, 3.8) is 0 Å². The number of ether oxygens (including phenoxy) is 1. The van der Waals surface area contributed by atoms with Crippen LogP contribution in [-0.2, 0) is 26.2 Å². The van der Waals surface area contributed by atoms with Crippen LogP contribution in [0.4, 0.5) is 0 Å². The average molecular weight is 706 g/mol. The molecule has 1 amide bonds. The number of aromatic nitrogens is 2. The van der Waals surface area contributed by atoms with Crippen LogP contribution in [-0.4, -0.2) is 50.5 Å². The van der Waals surface area contributed by atoms with E-state index < -0.39 is 23.8 Å². The average Bonchev–Trinajstić information content (AvgIpc) is 3.64. The molecule has 51 heavy (non-hydrogen) atoms. The van der Waals surface area contributed by atoms with Crippen LogP contribution in [0.15, 0.2) is 79.1 Å². The molecule has 1 fully saturated rings. The fraction of sp³-hybridized carbons (Fsp3) is 0.341. The number of nitrogens with zero attached hydrogens (tertiary/aromatic N) is 2. The van der Waals surface area contributed by atoms with E-state index in [9.17, 15) is 24.6 Å². The normalized spacial score (nSPS) is 16.0. The summed E-state index contributed by atoms with van der Waals surface area (Å²) in [4.78, 5) is 49.0. The zero-order chi connectivity index (χ0) is 36.3. The van der Waals surface area contributed by atoms with Crippen molar-refractivity contribution in [3.05, 3.63) is 100 Å². The molecule has 9 nitrogen and oxygen atoms in total. The van der Waals surface area contributed by atoms with Gasteiger partial charge in [0.2, 0.25) is 5.91 Å². The minimum Gasteiger partial charge on any atom is -0.508 e. The number of rotatable bonds is 11. The van der Waals surface area contributed by atoms with Gasteiger partial charge in [-0.3, -0.25) is 14.4 Å². The van der Waals surface area contributed by atoms with Gasteiger partial charge in [-0.05, 0) is 84.2 Å². The largest absolute Gasteiger partial charge is 0.508 e. The minimum atomic E-state index is -1.14. The van der Waals surface area contributed by atoms with E-state index >= 15 is 0 Å². The van der Waals surface area contributed by atoms with Gasteiger partial charge in [0.25, 0.3) is 0 Å². The first-order chi connectivity index (χ1) is 24.4. The molecule has 3 N–H and O–H groups in total. The lowest BCUT2D eigenvalue weighted by Crippen LogP contribution is -2.42. The van der Waals surface area contributed by atoms with Gasteiger partial charge in [0.05, 0.1) is 11.0 Å². The van der Waals surface area contributed by atoms with Crippen molar-refractivity contribution < 1.29 is 29.3 Å². The highest BCUT2D eigenvalue weighted by Gasteiger charge is 2.28. The van der Waals surface area contributed by atoms with Gasteiger partial charge >= 0.3 is 5.97 Å². The molecule has 6 rings (SSSR count). The van der Waals surface area contributed by atoms with Crippen LogP contribution in [0.25, 0.3) is 33.3 Å². The van der Waals surface area contributed by atoms with E-state index in [-0.39, 0.29) is 35.9 Å². The predicted octanol–water partition coefficient (Wildman–Crippen LogP) is 8.29. The number of aromatic hydroxyl groups is 1. The van der Waals surface area contributed by atoms with Crippen LogP contribution in [0.3, 0.4) is 0 Å². The fourth-order valence-electron chi connectivity index (χ4n) is 6.40. The van der Waals surface area contributed by atoms with E-state index in [4.69, 9.17) is 4.74 Å². The molecule has 3 heterocycles. The van der Waals surface area contributed by atoms with E-state index in [0.717, 1.165) is 62.7 Å². The Kier molecular flexibility index (Phi) is 10.6. The molecule has 0 saturated carbocycles. The van der Waals surface area contributed by atoms with Gasteiger partial charge in [-0.1, -0.05) is 63.2 Å². The van der Waals surface area contributed by atoms with E-state index in [1.807, 2.05) is 48.5 Å². The van der Waals surface area contributed by atoms with Crippen LogP contribution >= 0.6 is 11.3 Å². The highest BCUT2D eigenvalue weighted by atomic mass is 32.1. The SMILES string of the molecule is C[C@@H](NC(=O)[C@@H](CC(=O)c1ccc(C(C)(C)C)s1)Cc1ccc(-c2ncc(-c3ccc4c(C5CCCCO5)c(O)ccc4c3)cn2)cc1)C(=O)O. The van der Waals surface area contributed by atoms with Crippen molar-refractivity contribution >= 4 is 39.8 Å². The number of ketones is 1. The fourth-order valence-corrected chi connectivity index (χ4v) is 7.41. The van der Waals surface area contributed by atoms with Crippen LogP contribution in [0, 0.1) is 5.92 Å². The van der Waals surface area contributed by atoms with Gasteiger partial charge in [-0.15, -0.1) is 11.3 Å². The standard InChI is InChI=1S/C41H43N3O6S/c1-24(40(48)49)44-39(47)29(21-33(46)35-16-17-36(51-35)41(2,3)4)19-25-8-10-26(11-9-25)38-42-22-30(23-43-38)27-12-14-31-28(20-27)13-15-32(45)37(31)34-7-5-6-18-50-34/h8-17,20,22-24,29,34,45H,5-7,18-19,21H2,1-4H3,(H,44,47)(H,48,49)/t24-,29-,34?/m1/s1. The third-order valence-electron chi connectivity index (χ3n) is 9.37. The summed E-state index contributed by atoms with van der Waals surface area (Å²) in [6.45, 7) is 8.36. The van der Waals surface area contributed by atoms with Crippen molar-refractivity contribution in [1.29, 1.82) is 0 Å². The number of nitrogens with one attached hydrogen (secondary N) is 1. The first-order valence-electron chi connectivity index (χ1n) is 17.3. The molecule has 1 saturated heterocycles. The van der Waals surface area contributed by atoms with Crippen molar-refractivity contribution in [2.24, 2.45) is 5.92 Å². The third-order valence-corrected chi connectivity index (χ3v) is 10.9.